The largest absolute Gasteiger partial charge is 0.444 e. The molecule has 3 rings (SSSR count). The molecular formula is C17H22N4O3S. The minimum absolute atomic E-state index is 0.121. The Hall–Kier alpha value is -2.22. The maximum Gasteiger partial charge on any atom is 0.407 e. The number of fused-ring (bicyclic) bond motifs is 1. The summed E-state index contributed by atoms with van der Waals surface area (Å²) in [6, 6.07) is 3.39. The summed E-state index contributed by atoms with van der Waals surface area (Å²) in [4.78, 5) is 35.9. The molecule has 25 heavy (non-hydrogen) atoms. The van der Waals surface area contributed by atoms with Gasteiger partial charge in [0.05, 0.1) is 6.04 Å². The third-order valence-electron chi connectivity index (χ3n) is 4.07. The van der Waals surface area contributed by atoms with Gasteiger partial charge < -0.3 is 15.0 Å². The summed E-state index contributed by atoms with van der Waals surface area (Å²) in [6.07, 6.45) is 1.92. The molecule has 0 radical (unpaired) electrons. The number of thiazole rings is 1. The van der Waals surface area contributed by atoms with Crippen LogP contribution >= 0.6 is 11.3 Å². The van der Waals surface area contributed by atoms with Crippen molar-refractivity contribution in [2.75, 3.05) is 6.54 Å². The van der Waals surface area contributed by atoms with Crippen LogP contribution in [0.2, 0.25) is 0 Å². The SMILES string of the molecule is C[C@@H]1[C@H](NC(=O)OC(C)(C)C)CCN1C(=O)c1nc2cccnc2s1. The Bertz CT molecular complexity index is 766. The van der Waals surface area contributed by atoms with Crippen LogP contribution in [0.5, 0.6) is 0 Å². The number of hydrogen-bond acceptors (Lipinski definition) is 6. The van der Waals surface area contributed by atoms with E-state index in [4.69, 9.17) is 4.74 Å². The Morgan fingerprint density at radius 2 is 2.16 bits per heavy atom. The minimum Gasteiger partial charge on any atom is -0.444 e. The van der Waals surface area contributed by atoms with Crippen molar-refractivity contribution in [1.82, 2.24) is 20.2 Å². The zero-order valence-corrected chi connectivity index (χ0v) is 15.6. The van der Waals surface area contributed by atoms with Gasteiger partial charge in [0.15, 0.2) is 5.01 Å². The lowest BCUT2D eigenvalue weighted by Gasteiger charge is -2.26. The first-order valence-corrected chi connectivity index (χ1v) is 9.08. The number of carbonyl (C=O) groups excluding carboxylic acids is 2. The molecular weight excluding hydrogens is 340 g/mol. The number of nitrogens with zero attached hydrogens (tertiary/aromatic N) is 3. The van der Waals surface area contributed by atoms with Gasteiger partial charge >= 0.3 is 6.09 Å². The van der Waals surface area contributed by atoms with Crippen molar-refractivity contribution >= 4 is 33.7 Å². The maximum absolute atomic E-state index is 12.8. The van der Waals surface area contributed by atoms with Crippen molar-refractivity contribution in [3.63, 3.8) is 0 Å². The predicted molar refractivity (Wildman–Crippen MR) is 95.7 cm³/mol. The molecule has 134 valence electrons. The van der Waals surface area contributed by atoms with Crippen LogP contribution in [0, 0.1) is 0 Å². The summed E-state index contributed by atoms with van der Waals surface area (Å²) in [6.45, 7) is 7.97. The van der Waals surface area contributed by atoms with Crippen molar-refractivity contribution in [1.29, 1.82) is 0 Å². The molecule has 0 aliphatic carbocycles. The summed E-state index contributed by atoms with van der Waals surface area (Å²) in [5.74, 6) is -0.121. The number of ether oxygens (including phenoxy) is 1. The van der Waals surface area contributed by atoms with Gasteiger partial charge in [0, 0.05) is 18.8 Å². The fourth-order valence-corrected chi connectivity index (χ4v) is 3.73. The lowest BCUT2D eigenvalue weighted by atomic mass is 10.1. The highest BCUT2D eigenvalue weighted by Crippen LogP contribution is 2.25. The molecule has 0 spiro atoms. The van der Waals surface area contributed by atoms with Crippen molar-refractivity contribution in [3.05, 3.63) is 23.3 Å². The summed E-state index contributed by atoms with van der Waals surface area (Å²) >= 11 is 1.29. The molecule has 0 aromatic carbocycles. The molecule has 3 heterocycles. The molecule has 0 unspecified atom stereocenters. The van der Waals surface area contributed by atoms with Crippen LogP contribution in [0.15, 0.2) is 18.3 Å². The number of alkyl carbamates (subject to hydrolysis) is 1. The number of likely N-dealkylation sites (tertiary alicyclic amines) is 1. The second kappa shape index (κ2) is 6.59. The lowest BCUT2D eigenvalue weighted by molar-refractivity contribution is 0.0485. The number of aromatic nitrogens is 2. The first-order valence-electron chi connectivity index (χ1n) is 8.26. The second-order valence-electron chi connectivity index (χ2n) is 7.13. The third-order valence-corrected chi connectivity index (χ3v) is 5.03. The molecule has 1 aliphatic heterocycles. The zero-order chi connectivity index (χ0) is 18.2. The van der Waals surface area contributed by atoms with Crippen LogP contribution in [0.3, 0.4) is 0 Å². The van der Waals surface area contributed by atoms with E-state index in [-0.39, 0.29) is 18.0 Å². The number of hydrogen-bond donors (Lipinski definition) is 1. The van der Waals surface area contributed by atoms with Gasteiger partial charge in [0.1, 0.15) is 15.9 Å². The highest BCUT2D eigenvalue weighted by molar-refractivity contribution is 7.19. The second-order valence-corrected chi connectivity index (χ2v) is 8.10. The van der Waals surface area contributed by atoms with Crippen molar-refractivity contribution in [2.24, 2.45) is 0 Å². The van der Waals surface area contributed by atoms with Gasteiger partial charge in [-0.2, -0.15) is 0 Å². The highest BCUT2D eigenvalue weighted by atomic mass is 32.1. The smallest absolute Gasteiger partial charge is 0.407 e. The molecule has 7 nitrogen and oxygen atoms in total. The molecule has 1 saturated heterocycles. The van der Waals surface area contributed by atoms with Crippen molar-refractivity contribution in [2.45, 2.75) is 51.8 Å². The maximum atomic E-state index is 12.8. The number of nitrogens with one attached hydrogen (secondary N) is 1. The van der Waals surface area contributed by atoms with Crippen LogP contribution in [-0.4, -0.2) is 51.1 Å². The standard InChI is InChI=1S/C17H22N4O3S/c1-10-11(20-16(23)24-17(2,3)4)7-9-21(10)15(22)14-19-12-6-5-8-18-13(12)25-14/h5-6,8,10-11H,7,9H2,1-4H3,(H,20,23)/t10-,11-/m1/s1. The predicted octanol–water partition coefficient (Wildman–Crippen LogP) is 2.82. The van der Waals surface area contributed by atoms with Crippen LogP contribution in [0.4, 0.5) is 4.79 Å². The number of pyridine rings is 1. The summed E-state index contributed by atoms with van der Waals surface area (Å²) < 4.78 is 5.30. The summed E-state index contributed by atoms with van der Waals surface area (Å²) in [7, 11) is 0. The van der Waals surface area contributed by atoms with Gasteiger partial charge in [-0.15, -0.1) is 0 Å². The van der Waals surface area contributed by atoms with E-state index in [1.54, 1.807) is 17.2 Å². The molecule has 1 N–H and O–H groups in total. The molecule has 2 aromatic rings. The summed E-state index contributed by atoms with van der Waals surface area (Å²) in [5.41, 5.74) is 0.182. The molecule has 2 atom stereocenters. The number of rotatable bonds is 2. The minimum atomic E-state index is -0.546. The van der Waals surface area contributed by atoms with Gasteiger partial charge in [-0.3, -0.25) is 4.79 Å². The Morgan fingerprint density at radius 3 is 2.84 bits per heavy atom. The Labute approximate surface area is 150 Å². The summed E-state index contributed by atoms with van der Waals surface area (Å²) in [5, 5.41) is 3.29. The van der Waals surface area contributed by atoms with Gasteiger partial charge in [-0.05, 0) is 46.2 Å². The average Bonchev–Trinajstić information content (AvgIpc) is 3.09. The van der Waals surface area contributed by atoms with Gasteiger partial charge in [0.25, 0.3) is 5.91 Å². The molecule has 0 saturated carbocycles. The van der Waals surface area contributed by atoms with Gasteiger partial charge in [-0.1, -0.05) is 11.3 Å². The molecule has 8 heteroatoms. The van der Waals surface area contributed by atoms with E-state index in [1.807, 2.05) is 33.8 Å². The van der Waals surface area contributed by atoms with Crippen LogP contribution in [-0.2, 0) is 4.74 Å². The topological polar surface area (TPSA) is 84.4 Å². The van der Waals surface area contributed by atoms with E-state index in [2.05, 4.69) is 15.3 Å². The molecule has 1 aliphatic rings. The van der Waals surface area contributed by atoms with Crippen LogP contribution < -0.4 is 5.32 Å². The van der Waals surface area contributed by atoms with E-state index in [0.29, 0.717) is 18.0 Å². The number of amides is 2. The fraction of sp³-hybridized carbons (Fsp3) is 0.529. The van der Waals surface area contributed by atoms with Gasteiger partial charge in [0.2, 0.25) is 0 Å². The normalized spacial score (nSPS) is 20.7. The van der Waals surface area contributed by atoms with Gasteiger partial charge in [-0.25, -0.2) is 14.8 Å². The average molecular weight is 362 g/mol. The van der Waals surface area contributed by atoms with E-state index in [1.165, 1.54) is 11.3 Å². The molecule has 2 aromatic heterocycles. The Balaban J connectivity index is 1.67. The first-order chi connectivity index (χ1) is 11.7. The van der Waals surface area contributed by atoms with E-state index >= 15 is 0 Å². The third kappa shape index (κ3) is 3.89. The molecule has 0 bridgehead atoms. The van der Waals surface area contributed by atoms with E-state index < -0.39 is 11.7 Å². The Kier molecular flexibility index (Phi) is 4.64. The fourth-order valence-electron chi connectivity index (χ4n) is 2.86. The molecule has 1 fully saturated rings. The quantitative estimate of drug-likeness (QED) is 0.888. The van der Waals surface area contributed by atoms with E-state index in [0.717, 1.165) is 10.3 Å². The van der Waals surface area contributed by atoms with E-state index in [9.17, 15) is 9.59 Å². The Morgan fingerprint density at radius 1 is 1.40 bits per heavy atom. The van der Waals surface area contributed by atoms with Crippen molar-refractivity contribution < 1.29 is 14.3 Å². The van der Waals surface area contributed by atoms with Crippen molar-refractivity contribution in [3.8, 4) is 0 Å². The van der Waals surface area contributed by atoms with Crippen LogP contribution in [0.25, 0.3) is 10.3 Å². The number of carbonyl (C=O) groups is 2. The monoisotopic (exact) mass is 362 g/mol. The first kappa shape index (κ1) is 17.6. The zero-order valence-electron chi connectivity index (χ0n) is 14.8. The molecule has 2 amide bonds. The van der Waals surface area contributed by atoms with Crippen LogP contribution in [0.1, 0.15) is 43.9 Å². The highest BCUT2D eigenvalue weighted by Gasteiger charge is 2.37. The lowest BCUT2D eigenvalue weighted by Crippen LogP contribution is -2.46.